The molecule has 3 rings (SSSR count). The van der Waals surface area contributed by atoms with Gasteiger partial charge in [-0.15, -0.1) is 11.8 Å². The number of aryl methyl sites for hydroxylation is 1. The molecule has 1 saturated carbocycles. The van der Waals surface area contributed by atoms with Gasteiger partial charge in [-0.05, 0) is 43.7 Å². The van der Waals surface area contributed by atoms with Gasteiger partial charge in [0.15, 0.2) is 0 Å². The van der Waals surface area contributed by atoms with Gasteiger partial charge >= 0.3 is 0 Å². The Hall–Kier alpha value is -0.690. The Labute approximate surface area is 95.8 Å². The number of hydrogen-bond acceptors (Lipinski definition) is 1. The monoisotopic (exact) mass is 216 g/mol. The third kappa shape index (κ3) is 1.85. The van der Waals surface area contributed by atoms with Crippen molar-refractivity contribution in [3.8, 4) is 0 Å². The zero-order chi connectivity index (χ0) is 10.3. The van der Waals surface area contributed by atoms with E-state index in [1.165, 1.54) is 23.3 Å². The third-order valence-electron chi connectivity index (χ3n) is 3.53. The number of rotatable bonds is 2. The van der Waals surface area contributed by atoms with E-state index in [0.717, 1.165) is 17.1 Å². The largest absolute Gasteiger partial charge is 0.122 e. The average molecular weight is 216 g/mol. The van der Waals surface area contributed by atoms with Crippen LogP contribution in [-0.2, 0) is 0 Å². The van der Waals surface area contributed by atoms with Crippen LogP contribution in [0.15, 0.2) is 41.3 Å². The van der Waals surface area contributed by atoms with E-state index in [4.69, 9.17) is 0 Å². The van der Waals surface area contributed by atoms with Crippen LogP contribution >= 0.6 is 11.8 Å². The van der Waals surface area contributed by atoms with Gasteiger partial charge in [-0.25, -0.2) is 0 Å². The molecule has 2 aliphatic carbocycles. The van der Waals surface area contributed by atoms with Crippen LogP contribution in [0.4, 0.5) is 0 Å². The third-order valence-corrected chi connectivity index (χ3v) is 4.92. The average Bonchev–Trinajstić information content (AvgIpc) is 2.83. The first-order chi connectivity index (χ1) is 7.31. The summed E-state index contributed by atoms with van der Waals surface area (Å²) in [6.45, 7) is 2.15. The van der Waals surface area contributed by atoms with Crippen molar-refractivity contribution in [1.82, 2.24) is 0 Å². The van der Waals surface area contributed by atoms with Crippen LogP contribution in [0.1, 0.15) is 18.4 Å². The number of fused-ring (bicyclic) bond motifs is 2. The molecule has 0 amide bonds. The van der Waals surface area contributed by atoms with Crippen molar-refractivity contribution < 1.29 is 0 Å². The molecule has 0 aliphatic heterocycles. The van der Waals surface area contributed by atoms with E-state index >= 15 is 0 Å². The van der Waals surface area contributed by atoms with Crippen LogP contribution in [0, 0.1) is 18.8 Å². The molecule has 1 aromatic carbocycles. The van der Waals surface area contributed by atoms with Gasteiger partial charge in [0, 0.05) is 10.1 Å². The van der Waals surface area contributed by atoms with Crippen LogP contribution in [0.5, 0.6) is 0 Å². The molecule has 0 nitrogen and oxygen atoms in total. The maximum atomic E-state index is 2.43. The van der Waals surface area contributed by atoms with Crippen molar-refractivity contribution in [3.63, 3.8) is 0 Å². The second kappa shape index (κ2) is 3.71. The van der Waals surface area contributed by atoms with Gasteiger partial charge in [-0.2, -0.15) is 0 Å². The molecule has 0 N–H and O–H groups in total. The molecule has 2 aliphatic rings. The van der Waals surface area contributed by atoms with Gasteiger partial charge in [-0.3, -0.25) is 0 Å². The summed E-state index contributed by atoms with van der Waals surface area (Å²) < 4.78 is 0. The smallest absolute Gasteiger partial charge is 0.0163 e. The lowest BCUT2D eigenvalue weighted by Gasteiger charge is -2.17. The highest BCUT2D eigenvalue weighted by Gasteiger charge is 2.35. The first kappa shape index (κ1) is 9.53. The van der Waals surface area contributed by atoms with Crippen LogP contribution in [0.3, 0.4) is 0 Å². The van der Waals surface area contributed by atoms with Crippen molar-refractivity contribution in [2.45, 2.75) is 29.9 Å². The van der Waals surface area contributed by atoms with Gasteiger partial charge in [0.25, 0.3) is 0 Å². The fourth-order valence-electron chi connectivity index (χ4n) is 2.66. The topological polar surface area (TPSA) is 0 Å². The number of thioether (sulfide) groups is 1. The van der Waals surface area contributed by atoms with Gasteiger partial charge in [-0.1, -0.05) is 29.8 Å². The Kier molecular flexibility index (Phi) is 2.36. The van der Waals surface area contributed by atoms with Gasteiger partial charge < -0.3 is 0 Å². The SMILES string of the molecule is Cc1ccc(SC2CC3C=CC2C3)cc1. The predicted molar refractivity (Wildman–Crippen MR) is 66.2 cm³/mol. The van der Waals surface area contributed by atoms with E-state index in [2.05, 4.69) is 55.1 Å². The molecule has 78 valence electrons. The molecule has 3 unspecified atom stereocenters. The Bertz CT molecular complexity index is 377. The Morgan fingerprint density at radius 3 is 2.47 bits per heavy atom. The summed E-state index contributed by atoms with van der Waals surface area (Å²) in [7, 11) is 0. The van der Waals surface area contributed by atoms with Gasteiger partial charge in [0.2, 0.25) is 0 Å². The predicted octanol–water partition coefficient (Wildman–Crippen LogP) is 4.05. The van der Waals surface area contributed by atoms with Crippen LogP contribution in [0.25, 0.3) is 0 Å². The molecule has 1 fully saturated rings. The molecule has 15 heavy (non-hydrogen) atoms. The number of benzene rings is 1. The molecule has 0 heterocycles. The molecule has 0 aromatic heterocycles. The first-order valence-corrected chi connectivity index (χ1v) is 6.61. The quantitative estimate of drug-likeness (QED) is 0.672. The van der Waals surface area contributed by atoms with Crippen LogP contribution in [-0.4, -0.2) is 5.25 Å². The molecule has 3 atom stereocenters. The van der Waals surface area contributed by atoms with Crippen molar-refractivity contribution in [3.05, 3.63) is 42.0 Å². The lowest BCUT2D eigenvalue weighted by Crippen LogP contribution is -2.08. The Morgan fingerprint density at radius 1 is 1.07 bits per heavy atom. The molecular weight excluding hydrogens is 200 g/mol. The van der Waals surface area contributed by atoms with Crippen LogP contribution < -0.4 is 0 Å². The summed E-state index contributed by atoms with van der Waals surface area (Å²) in [5, 5.41) is 0.836. The van der Waals surface area contributed by atoms with Crippen molar-refractivity contribution in [2.24, 2.45) is 11.8 Å². The minimum Gasteiger partial charge on any atom is -0.122 e. The molecule has 0 saturated heterocycles. The minimum absolute atomic E-state index is 0.836. The maximum absolute atomic E-state index is 2.43. The van der Waals surface area contributed by atoms with Crippen molar-refractivity contribution in [2.75, 3.05) is 0 Å². The van der Waals surface area contributed by atoms with E-state index in [1.54, 1.807) is 0 Å². The summed E-state index contributed by atoms with van der Waals surface area (Å²) in [5.74, 6) is 1.74. The first-order valence-electron chi connectivity index (χ1n) is 5.73. The van der Waals surface area contributed by atoms with Crippen LogP contribution in [0.2, 0.25) is 0 Å². The van der Waals surface area contributed by atoms with E-state index < -0.39 is 0 Å². The molecular formula is C14H16S. The summed E-state index contributed by atoms with van der Waals surface area (Å²) in [6, 6.07) is 8.95. The van der Waals surface area contributed by atoms with E-state index in [-0.39, 0.29) is 0 Å². The minimum atomic E-state index is 0.836. The van der Waals surface area contributed by atoms with Crippen molar-refractivity contribution in [1.29, 1.82) is 0 Å². The highest BCUT2D eigenvalue weighted by Crippen LogP contribution is 2.46. The summed E-state index contributed by atoms with van der Waals surface area (Å²) in [4.78, 5) is 1.44. The standard InChI is InChI=1S/C14H16S/c1-10-2-6-13(7-3-10)15-14-9-11-4-5-12(14)8-11/h2-7,11-12,14H,8-9H2,1H3. The fraction of sp³-hybridized carbons (Fsp3) is 0.429. The normalized spacial score (nSPS) is 32.5. The summed E-state index contributed by atoms with van der Waals surface area (Å²) >= 11 is 2.07. The lowest BCUT2D eigenvalue weighted by atomic mass is 10.1. The Morgan fingerprint density at radius 2 is 1.87 bits per heavy atom. The number of hydrogen-bond donors (Lipinski definition) is 0. The van der Waals surface area contributed by atoms with Crippen molar-refractivity contribution >= 4 is 11.8 Å². The molecule has 2 bridgehead atoms. The fourth-order valence-corrected chi connectivity index (χ4v) is 4.02. The zero-order valence-corrected chi connectivity index (χ0v) is 9.84. The summed E-state index contributed by atoms with van der Waals surface area (Å²) in [6.07, 6.45) is 7.64. The highest BCUT2D eigenvalue weighted by molar-refractivity contribution is 8.00. The van der Waals surface area contributed by atoms with E-state index in [9.17, 15) is 0 Å². The summed E-state index contributed by atoms with van der Waals surface area (Å²) in [5.41, 5.74) is 1.35. The Balaban J connectivity index is 1.71. The number of allylic oxidation sites excluding steroid dienone is 2. The van der Waals surface area contributed by atoms with E-state index in [0.29, 0.717) is 0 Å². The molecule has 0 spiro atoms. The zero-order valence-electron chi connectivity index (χ0n) is 9.02. The molecule has 0 radical (unpaired) electrons. The van der Waals surface area contributed by atoms with Gasteiger partial charge in [0.05, 0.1) is 0 Å². The lowest BCUT2D eigenvalue weighted by molar-refractivity contribution is 0.692. The van der Waals surface area contributed by atoms with Gasteiger partial charge in [0.1, 0.15) is 0 Å². The maximum Gasteiger partial charge on any atom is 0.0163 e. The molecule has 1 heteroatoms. The highest BCUT2D eigenvalue weighted by atomic mass is 32.2. The molecule has 1 aromatic rings. The second-order valence-electron chi connectivity index (χ2n) is 4.75. The van der Waals surface area contributed by atoms with E-state index in [1.807, 2.05) is 0 Å². The second-order valence-corrected chi connectivity index (χ2v) is 6.06.